The third-order valence-corrected chi connectivity index (χ3v) is 8.14. The Morgan fingerprint density at radius 1 is 1.04 bits per heavy atom. The third kappa shape index (κ3) is 11.7. The molecule has 0 saturated carbocycles. The van der Waals surface area contributed by atoms with Crippen LogP contribution in [0.25, 0.3) is 0 Å². The molecule has 0 radical (unpaired) electrons. The summed E-state index contributed by atoms with van der Waals surface area (Å²) in [6.45, 7) is 0.0618. The van der Waals surface area contributed by atoms with Crippen LogP contribution in [-0.2, 0) is 46.1 Å². The smallest absolute Gasteiger partial charge is 0.243 e. The molecule has 0 saturated heterocycles. The van der Waals surface area contributed by atoms with E-state index < -0.39 is 48.0 Å². The molecule has 15 nitrogen and oxygen atoms in total. The lowest BCUT2D eigenvalue weighted by atomic mass is 9.92. The number of amides is 3. The number of nitrogens with one attached hydrogen (secondary N) is 5. The molecule has 2 aromatic rings. The van der Waals surface area contributed by atoms with E-state index in [9.17, 15) is 24.3 Å². The number of aliphatic hydroxyl groups is 1. The maximum absolute atomic E-state index is 13.8. The van der Waals surface area contributed by atoms with Crippen molar-refractivity contribution in [3.05, 3.63) is 52.6 Å². The quantitative estimate of drug-likeness (QED) is 0.0265. The lowest BCUT2D eigenvalue weighted by Gasteiger charge is -2.30. The Kier molecular flexibility index (Phi) is 15.5. The van der Waals surface area contributed by atoms with Crippen LogP contribution in [0.2, 0.25) is 0 Å². The standard InChI is InChI=1S/C30H48N10O5S/c1-39-17-21(40(2)29(39)46)15-24(37-25(43)22(32)11-8-14-35-28(33)34)26(44)36-23(12-6-7-13-31)27(45)38-30(18-41,19-42)16-20-9-4-3-5-10-20/h3-5,9-10,17-18,22-24,42H,6-8,11-16,19,31-32H2,1-2H3,(H,36,44)(H,37,43)(H,38,45)(H4,33,34,35)/t22?,23-,24-,30?/m0/s1. The number of aliphatic hydroxyl groups excluding tert-OH is 1. The van der Waals surface area contributed by atoms with E-state index in [1.165, 1.54) is 0 Å². The number of nitrogens with zero attached hydrogens (tertiary/aromatic N) is 2. The van der Waals surface area contributed by atoms with Gasteiger partial charge in [0.1, 0.15) is 23.9 Å². The van der Waals surface area contributed by atoms with Crippen LogP contribution >= 0.6 is 12.2 Å². The molecule has 254 valence electrons. The minimum Gasteiger partial charge on any atom is -0.393 e. The first-order chi connectivity index (χ1) is 21.9. The van der Waals surface area contributed by atoms with Gasteiger partial charge in [0.15, 0.2) is 10.7 Å². The van der Waals surface area contributed by atoms with Crippen LogP contribution < -0.4 is 38.5 Å². The maximum atomic E-state index is 13.8. The van der Waals surface area contributed by atoms with Gasteiger partial charge in [-0.1, -0.05) is 30.3 Å². The van der Waals surface area contributed by atoms with Crippen molar-refractivity contribution in [2.75, 3.05) is 19.7 Å². The van der Waals surface area contributed by atoms with Crippen LogP contribution in [0.4, 0.5) is 0 Å². The van der Waals surface area contributed by atoms with Gasteiger partial charge in [-0.05, 0) is 56.4 Å². The average Bonchev–Trinajstić information content (AvgIpc) is 3.27. The molecule has 46 heavy (non-hydrogen) atoms. The molecule has 0 aliphatic carbocycles. The van der Waals surface area contributed by atoms with Crippen LogP contribution in [0.3, 0.4) is 0 Å². The molecule has 2 unspecified atom stereocenters. The van der Waals surface area contributed by atoms with E-state index in [1.54, 1.807) is 53.7 Å². The van der Waals surface area contributed by atoms with Crippen molar-refractivity contribution in [2.45, 2.75) is 68.6 Å². The molecular weight excluding hydrogens is 612 g/mol. The Hall–Kier alpha value is -4.12. The van der Waals surface area contributed by atoms with E-state index in [1.807, 2.05) is 6.07 Å². The minimum absolute atomic E-state index is 0.0372. The molecule has 12 N–H and O–H groups in total. The summed E-state index contributed by atoms with van der Waals surface area (Å²) in [5, 5.41) is 28.2. The molecule has 1 aromatic heterocycles. The van der Waals surface area contributed by atoms with Crippen molar-refractivity contribution in [1.82, 2.24) is 30.4 Å². The van der Waals surface area contributed by atoms with Gasteiger partial charge < -0.3 is 57.5 Å². The second-order valence-corrected chi connectivity index (χ2v) is 11.7. The SMILES string of the molecule is Cn1cc(C[C@H](NC(=O)C(N)CCCNC(=N)N)C(=O)N[C@@H](CCCCN)C(=O)NC(C=O)(CO)Cc2ccccc2)n(C)c1=S. The molecule has 0 spiro atoms. The summed E-state index contributed by atoms with van der Waals surface area (Å²) in [5.74, 6) is -2.08. The Morgan fingerprint density at radius 3 is 2.28 bits per heavy atom. The van der Waals surface area contributed by atoms with Gasteiger partial charge in [-0.25, -0.2) is 0 Å². The predicted molar refractivity (Wildman–Crippen MR) is 177 cm³/mol. The van der Waals surface area contributed by atoms with Crippen molar-refractivity contribution in [3.8, 4) is 0 Å². The summed E-state index contributed by atoms with van der Waals surface area (Å²) in [6, 6.07) is 5.72. The van der Waals surface area contributed by atoms with E-state index in [-0.39, 0.29) is 31.6 Å². The minimum atomic E-state index is -1.62. The van der Waals surface area contributed by atoms with E-state index in [2.05, 4.69) is 21.3 Å². The first-order valence-electron chi connectivity index (χ1n) is 15.1. The number of carbonyl (C=O) groups excluding carboxylic acids is 4. The van der Waals surface area contributed by atoms with Gasteiger partial charge in [0.05, 0.1) is 12.6 Å². The number of imidazole rings is 1. The van der Waals surface area contributed by atoms with Crippen LogP contribution in [0, 0.1) is 10.2 Å². The van der Waals surface area contributed by atoms with Gasteiger partial charge in [-0.2, -0.15) is 0 Å². The lowest BCUT2D eigenvalue weighted by Crippen LogP contribution is -2.61. The number of hydrogen-bond donors (Lipinski definition) is 9. The van der Waals surface area contributed by atoms with Gasteiger partial charge in [0.2, 0.25) is 17.7 Å². The van der Waals surface area contributed by atoms with E-state index in [0.717, 1.165) is 5.56 Å². The van der Waals surface area contributed by atoms with Gasteiger partial charge in [0.25, 0.3) is 0 Å². The molecule has 1 heterocycles. The molecule has 0 aliphatic rings. The number of aryl methyl sites for hydroxylation is 1. The largest absolute Gasteiger partial charge is 0.393 e. The van der Waals surface area contributed by atoms with Crippen molar-refractivity contribution >= 4 is 42.2 Å². The van der Waals surface area contributed by atoms with E-state index in [0.29, 0.717) is 49.1 Å². The fourth-order valence-electron chi connectivity index (χ4n) is 4.86. The van der Waals surface area contributed by atoms with Gasteiger partial charge in [0, 0.05) is 45.4 Å². The summed E-state index contributed by atoms with van der Waals surface area (Å²) in [4.78, 5) is 52.8. The first-order valence-corrected chi connectivity index (χ1v) is 15.6. The summed E-state index contributed by atoms with van der Waals surface area (Å²) < 4.78 is 3.92. The van der Waals surface area contributed by atoms with Crippen LogP contribution in [0.5, 0.6) is 0 Å². The highest BCUT2D eigenvalue weighted by atomic mass is 32.1. The molecule has 4 atom stereocenters. The summed E-state index contributed by atoms with van der Waals surface area (Å²) in [6.07, 6.45) is 4.29. The molecule has 0 aliphatic heterocycles. The Labute approximate surface area is 274 Å². The highest BCUT2D eigenvalue weighted by Gasteiger charge is 2.35. The number of aldehydes is 1. The number of aromatic nitrogens is 2. The third-order valence-electron chi connectivity index (χ3n) is 7.57. The maximum Gasteiger partial charge on any atom is 0.243 e. The molecule has 2 rings (SSSR count). The fourth-order valence-corrected chi connectivity index (χ4v) is 5.03. The van der Waals surface area contributed by atoms with Gasteiger partial charge in [-0.3, -0.25) is 19.8 Å². The van der Waals surface area contributed by atoms with Crippen LogP contribution in [-0.4, -0.2) is 87.6 Å². The zero-order valence-corrected chi connectivity index (χ0v) is 27.3. The number of guanidine groups is 1. The number of rotatable bonds is 20. The summed E-state index contributed by atoms with van der Waals surface area (Å²) >= 11 is 5.40. The van der Waals surface area contributed by atoms with Gasteiger partial charge >= 0.3 is 0 Å². The van der Waals surface area contributed by atoms with Crippen molar-refractivity contribution in [2.24, 2.45) is 31.3 Å². The molecular formula is C30H48N10O5S. The van der Waals surface area contributed by atoms with Crippen molar-refractivity contribution < 1.29 is 24.3 Å². The molecule has 1 aromatic carbocycles. The Bertz CT molecular complexity index is 1380. The Morgan fingerprint density at radius 2 is 1.72 bits per heavy atom. The monoisotopic (exact) mass is 660 g/mol. The zero-order valence-electron chi connectivity index (χ0n) is 26.5. The first kappa shape index (κ1) is 38.1. The highest BCUT2D eigenvalue weighted by Crippen LogP contribution is 2.14. The van der Waals surface area contributed by atoms with E-state index in [4.69, 9.17) is 34.8 Å². The van der Waals surface area contributed by atoms with E-state index >= 15 is 0 Å². The normalized spacial score (nSPS) is 14.3. The second-order valence-electron chi connectivity index (χ2n) is 11.4. The van der Waals surface area contributed by atoms with Crippen molar-refractivity contribution in [1.29, 1.82) is 5.41 Å². The average molecular weight is 661 g/mol. The zero-order chi connectivity index (χ0) is 34.3. The summed E-state index contributed by atoms with van der Waals surface area (Å²) in [7, 11) is 3.50. The molecule has 0 bridgehead atoms. The summed E-state index contributed by atoms with van der Waals surface area (Å²) in [5.41, 5.74) is 16.8. The number of nitrogens with two attached hydrogens (primary N) is 3. The number of unbranched alkanes of at least 4 members (excludes halogenated alkanes) is 1. The van der Waals surface area contributed by atoms with Crippen LogP contribution in [0.15, 0.2) is 36.5 Å². The number of benzene rings is 1. The molecule has 0 fully saturated rings. The fraction of sp³-hybridized carbons (Fsp3) is 0.533. The topological polar surface area (TPSA) is 248 Å². The highest BCUT2D eigenvalue weighted by molar-refractivity contribution is 7.71. The number of hydrogen-bond acceptors (Lipinski definition) is 9. The van der Waals surface area contributed by atoms with Crippen molar-refractivity contribution in [3.63, 3.8) is 0 Å². The molecule has 16 heteroatoms. The van der Waals surface area contributed by atoms with Crippen LogP contribution in [0.1, 0.15) is 43.4 Å². The lowest BCUT2D eigenvalue weighted by molar-refractivity contribution is -0.134. The second kappa shape index (κ2) is 18.8. The number of carbonyl (C=O) groups is 4. The molecule has 3 amide bonds. The van der Waals surface area contributed by atoms with Gasteiger partial charge in [-0.15, -0.1) is 0 Å². The predicted octanol–water partition coefficient (Wildman–Crippen LogP) is -1.39. The Balaban J connectivity index is 2.30.